The van der Waals surface area contributed by atoms with Gasteiger partial charge in [-0.2, -0.15) is 12.6 Å². The average molecular weight is 149 g/mol. The van der Waals surface area contributed by atoms with Crippen LogP contribution in [-0.4, -0.2) is 0 Å². The number of furan rings is 1. The van der Waals surface area contributed by atoms with E-state index in [9.17, 15) is 0 Å². The van der Waals surface area contributed by atoms with Crippen LogP contribution in [0.1, 0.15) is 5.76 Å². The van der Waals surface area contributed by atoms with E-state index in [1.165, 1.54) is 0 Å². The third kappa shape index (κ3) is 1.20. The summed E-state index contributed by atoms with van der Waals surface area (Å²) >= 11 is 9.41. The van der Waals surface area contributed by atoms with Crippen LogP contribution in [0.4, 0.5) is 0 Å². The van der Waals surface area contributed by atoms with Crippen LogP contribution < -0.4 is 0 Å². The molecule has 1 rings (SSSR count). The second kappa shape index (κ2) is 2.46. The predicted molar refractivity (Wildman–Crippen MR) is 36.4 cm³/mol. The van der Waals surface area contributed by atoms with Crippen molar-refractivity contribution < 1.29 is 4.42 Å². The molecular formula is C5H5ClOS. The van der Waals surface area contributed by atoms with Crippen molar-refractivity contribution in [3.05, 3.63) is 23.1 Å². The lowest BCUT2D eigenvalue weighted by Crippen LogP contribution is -1.63. The van der Waals surface area contributed by atoms with Gasteiger partial charge in [0.2, 0.25) is 0 Å². The van der Waals surface area contributed by atoms with Gasteiger partial charge in [-0.3, -0.25) is 0 Å². The number of thiol groups is 1. The molecular weight excluding hydrogens is 144 g/mol. The summed E-state index contributed by atoms with van der Waals surface area (Å²) in [5.74, 6) is 1.41. The summed E-state index contributed by atoms with van der Waals surface area (Å²) in [6.07, 6.45) is 0. The third-order valence-electron chi connectivity index (χ3n) is 0.785. The molecule has 0 radical (unpaired) electrons. The molecule has 1 heterocycles. The molecule has 1 aromatic rings. The summed E-state index contributed by atoms with van der Waals surface area (Å²) in [4.78, 5) is 0. The highest BCUT2D eigenvalue weighted by Crippen LogP contribution is 2.13. The van der Waals surface area contributed by atoms with Crippen molar-refractivity contribution in [2.75, 3.05) is 0 Å². The molecule has 8 heavy (non-hydrogen) atoms. The van der Waals surface area contributed by atoms with E-state index in [1.54, 1.807) is 12.1 Å². The number of halogens is 1. The van der Waals surface area contributed by atoms with Crippen molar-refractivity contribution in [1.29, 1.82) is 0 Å². The molecule has 1 aromatic heterocycles. The topological polar surface area (TPSA) is 13.1 Å². The van der Waals surface area contributed by atoms with Crippen LogP contribution in [0.2, 0.25) is 5.22 Å². The monoisotopic (exact) mass is 148 g/mol. The van der Waals surface area contributed by atoms with Crippen molar-refractivity contribution in [3.63, 3.8) is 0 Å². The summed E-state index contributed by atoms with van der Waals surface area (Å²) in [7, 11) is 0. The standard InChI is InChI=1S/C5H5ClOS/c6-5-2-1-4(3-8)7-5/h1-2,8H,3H2. The molecule has 44 valence electrons. The number of rotatable bonds is 1. The molecule has 0 fully saturated rings. The first-order valence-electron chi connectivity index (χ1n) is 2.18. The van der Waals surface area contributed by atoms with Crippen molar-refractivity contribution >= 4 is 24.2 Å². The van der Waals surface area contributed by atoms with Gasteiger partial charge in [-0.05, 0) is 23.7 Å². The van der Waals surface area contributed by atoms with E-state index in [4.69, 9.17) is 16.0 Å². The zero-order valence-electron chi connectivity index (χ0n) is 4.10. The molecule has 0 aliphatic carbocycles. The van der Waals surface area contributed by atoms with Gasteiger partial charge in [0.15, 0.2) is 5.22 Å². The minimum absolute atomic E-state index is 0.425. The Bertz CT molecular complexity index is 173. The molecule has 0 aliphatic heterocycles. The van der Waals surface area contributed by atoms with Crippen LogP contribution in [0.25, 0.3) is 0 Å². The van der Waals surface area contributed by atoms with Gasteiger partial charge in [-0.15, -0.1) is 0 Å². The van der Waals surface area contributed by atoms with Gasteiger partial charge in [0, 0.05) is 5.75 Å². The first-order chi connectivity index (χ1) is 3.83. The Morgan fingerprint density at radius 1 is 1.62 bits per heavy atom. The molecule has 0 bridgehead atoms. The van der Waals surface area contributed by atoms with E-state index in [0.29, 0.717) is 11.0 Å². The Morgan fingerprint density at radius 3 is 2.62 bits per heavy atom. The van der Waals surface area contributed by atoms with Gasteiger partial charge in [-0.1, -0.05) is 0 Å². The summed E-state index contributed by atoms with van der Waals surface area (Å²) < 4.78 is 4.92. The molecule has 0 saturated heterocycles. The van der Waals surface area contributed by atoms with Gasteiger partial charge in [0.25, 0.3) is 0 Å². The van der Waals surface area contributed by atoms with Crippen LogP contribution in [0.5, 0.6) is 0 Å². The second-order valence-corrected chi connectivity index (χ2v) is 2.05. The lowest BCUT2D eigenvalue weighted by Gasteiger charge is -1.81. The largest absolute Gasteiger partial charge is 0.449 e. The second-order valence-electron chi connectivity index (χ2n) is 1.36. The van der Waals surface area contributed by atoms with Crippen LogP contribution in [0, 0.1) is 0 Å². The SMILES string of the molecule is SCc1ccc(Cl)o1. The molecule has 0 aliphatic rings. The summed E-state index contributed by atoms with van der Waals surface area (Å²) in [5.41, 5.74) is 0. The van der Waals surface area contributed by atoms with E-state index in [0.717, 1.165) is 5.76 Å². The Labute approximate surface area is 58.0 Å². The Hall–Kier alpha value is -0.0800. The van der Waals surface area contributed by atoms with Crippen LogP contribution in [0.15, 0.2) is 16.5 Å². The van der Waals surface area contributed by atoms with E-state index in [1.807, 2.05) is 0 Å². The highest BCUT2D eigenvalue weighted by atomic mass is 35.5. The van der Waals surface area contributed by atoms with Gasteiger partial charge >= 0.3 is 0 Å². The summed E-state index contributed by atoms with van der Waals surface area (Å²) in [6.45, 7) is 0. The average Bonchev–Trinajstić information content (AvgIpc) is 2.14. The first-order valence-corrected chi connectivity index (χ1v) is 3.19. The van der Waals surface area contributed by atoms with Crippen molar-refractivity contribution in [3.8, 4) is 0 Å². The maximum absolute atomic E-state index is 5.44. The number of hydrogen-bond donors (Lipinski definition) is 1. The van der Waals surface area contributed by atoms with Gasteiger partial charge < -0.3 is 4.42 Å². The highest BCUT2D eigenvalue weighted by molar-refractivity contribution is 7.79. The number of hydrogen-bond acceptors (Lipinski definition) is 2. The fourth-order valence-electron chi connectivity index (χ4n) is 0.437. The van der Waals surface area contributed by atoms with E-state index in [-0.39, 0.29) is 0 Å². The summed E-state index contributed by atoms with van der Waals surface area (Å²) in [5, 5.41) is 0.425. The normalized spacial score (nSPS) is 9.75. The first kappa shape index (κ1) is 6.05. The Kier molecular flexibility index (Phi) is 1.86. The van der Waals surface area contributed by atoms with Gasteiger partial charge in [0.1, 0.15) is 5.76 Å². The molecule has 0 spiro atoms. The minimum atomic E-state index is 0.425. The molecule has 0 unspecified atom stereocenters. The molecule has 0 atom stereocenters. The van der Waals surface area contributed by atoms with Crippen molar-refractivity contribution in [1.82, 2.24) is 0 Å². The zero-order chi connectivity index (χ0) is 5.98. The molecule has 0 N–H and O–H groups in total. The van der Waals surface area contributed by atoms with Crippen LogP contribution >= 0.6 is 24.2 Å². The zero-order valence-corrected chi connectivity index (χ0v) is 5.75. The van der Waals surface area contributed by atoms with E-state index >= 15 is 0 Å². The Morgan fingerprint density at radius 2 is 2.38 bits per heavy atom. The lowest BCUT2D eigenvalue weighted by atomic mass is 10.5. The maximum atomic E-state index is 5.44. The van der Waals surface area contributed by atoms with Gasteiger partial charge in [0.05, 0.1) is 0 Å². The highest BCUT2D eigenvalue weighted by Gasteiger charge is 1.93. The molecule has 0 aromatic carbocycles. The van der Waals surface area contributed by atoms with Crippen molar-refractivity contribution in [2.24, 2.45) is 0 Å². The van der Waals surface area contributed by atoms with Crippen LogP contribution in [-0.2, 0) is 5.75 Å². The van der Waals surface area contributed by atoms with Crippen LogP contribution in [0.3, 0.4) is 0 Å². The fraction of sp³-hybridized carbons (Fsp3) is 0.200. The van der Waals surface area contributed by atoms with Crippen molar-refractivity contribution in [2.45, 2.75) is 5.75 Å². The minimum Gasteiger partial charge on any atom is -0.449 e. The fourth-order valence-corrected chi connectivity index (χ4v) is 0.769. The smallest absolute Gasteiger partial charge is 0.193 e. The molecule has 0 amide bonds. The maximum Gasteiger partial charge on any atom is 0.193 e. The third-order valence-corrected chi connectivity index (χ3v) is 1.30. The Balaban J connectivity index is 2.84. The predicted octanol–water partition coefficient (Wildman–Crippen LogP) is 2.36. The van der Waals surface area contributed by atoms with E-state index < -0.39 is 0 Å². The molecule has 0 saturated carbocycles. The molecule has 1 nitrogen and oxygen atoms in total. The van der Waals surface area contributed by atoms with Gasteiger partial charge in [-0.25, -0.2) is 0 Å². The van der Waals surface area contributed by atoms with E-state index in [2.05, 4.69) is 12.6 Å². The lowest BCUT2D eigenvalue weighted by molar-refractivity contribution is 0.533. The molecule has 3 heteroatoms. The quantitative estimate of drug-likeness (QED) is 0.604. The summed E-state index contributed by atoms with van der Waals surface area (Å²) in [6, 6.07) is 3.50.